The number of esters is 1. The van der Waals surface area contributed by atoms with Crippen LogP contribution in [0.3, 0.4) is 0 Å². The van der Waals surface area contributed by atoms with Gasteiger partial charge in [-0.2, -0.15) is 0 Å². The van der Waals surface area contributed by atoms with E-state index >= 15 is 0 Å². The first-order valence-electron chi connectivity index (χ1n) is 6.97. The van der Waals surface area contributed by atoms with E-state index in [4.69, 9.17) is 9.15 Å². The molecule has 0 saturated heterocycles. The number of nitrogens with one attached hydrogen (secondary N) is 2. The molecule has 0 fully saturated rings. The van der Waals surface area contributed by atoms with Crippen molar-refractivity contribution < 1.29 is 23.5 Å². The number of furan rings is 1. The number of ether oxygens (including phenoxy) is 1. The van der Waals surface area contributed by atoms with Crippen molar-refractivity contribution in [1.29, 1.82) is 0 Å². The zero-order valence-electron chi connectivity index (χ0n) is 13.4. The van der Waals surface area contributed by atoms with Crippen LogP contribution in [0.4, 0.5) is 0 Å². The van der Waals surface area contributed by atoms with E-state index in [1.807, 2.05) is 20.8 Å². The summed E-state index contributed by atoms with van der Waals surface area (Å²) in [5.41, 5.74) is -0.420. The second-order valence-corrected chi connectivity index (χ2v) is 5.99. The molecule has 1 heterocycles. The van der Waals surface area contributed by atoms with Crippen LogP contribution in [0.1, 0.15) is 45.2 Å². The lowest BCUT2D eigenvalue weighted by Gasteiger charge is -2.24. The lowest BCUT2D eigenvalue weighted by atomic mass is 10.1. The van der Waals surface area contributed by atoms with Crippen LogP contribution in [0.25, 0.3) is 0 Å². The maximum atomic E-state index is 11.9. The molecule has 7 heteroatoms. The Bertz CT molecular complexity index is 531. The molecule has 0 aromatic carbocycles. The number of hydrogen-bond acceptors (Lipinski definition) is 5. The Balaban J connectivity index is 2.50. The highest BCUT2D eigenvalue weighted by molar-refractivity contribution is 5.94. The molecule has 22 heavy (non-hydrogen) atoms. The van der Waals surface area contributed by atoms with Gasteiger partial charge in [-0.05, 0) is 46.8 Å². The highest BCUT2D eigenvalue weighted by Crippen LogP contribution is 2.04. The molecular formula is C15H22N2O5. The Morgan fingerprint density at radius 3 is 2.36 bits per heavy atom. The second kappa shape index (κ2) is 7.11. The highest BCUT2D eigenvalue weighted by Gasteiger charge is 2.26. The van der Waals surface area contributed by atoms with Gasteiger partial charge in [0.2, 0.25) is 0 Å². The predicted molar refractivity (Wildman–Crippen MR) is 79.1 cm³/mol. The SMILES string of the molecule is C[C@@H](NC(=O)c1ccco1)C(=O)O[C@H](C)C(=O)NC(C)(C)C. The van der Waals surface area contributed by atoms with Gasteiger partial charge in [0.25, 0.3) is 11.8 Å². The summed E-state index contributed by atoms with van der Waals surface area (Å²) in [6.07, 6.45) is 0.409. The average Bonchev–Trinajstić information content (AvgIpc) is 2.90. The van der Waals surface area contributed by atoms with E-state index in [-0.39, 0.29) is 5.76 Å². The monoisotopic (exact) mass is 310 g/mol. The summed E-state index contributed by atoms with van der Waals surface area (Å²) < 4.78 is 9.96. The molecule has 0 radical (unpaired) electrons. The molecule has 2 atom stereocenters. The number of amides is 2. The maximum Gasteiger partial charge on any atom is 0.329 e. The van der Waals surface area contributed by atoms with Crippen LogP contribution in [-0.2, 0) is 14.3 Å². The molecule has 0 unspecified atom stereocenters. The summed E-state index contributed by atoms with van der Waals surface area (Å²) >= 11 is 0. The van der Waals surface area contributed by atoms with Crippen LogP contribution in [0.2, 0.25) is 0 Å². The van der Waals surface area contributed by atoms with E-state index in [0.717, 1.165) is 0 Å². The third kappa shape index (κ3) is 5.59. The molecule has 2 amide bonds. The summed E-state index contributed by atoms with van der Waals surface area (Å²) in [5, 5.41) is 5.14. The van der Waals surface area contributed by atoms with Crippen LogP contribution >= 0.6 is 0 Å². The fourth-order valence-corrected chi connectivity index (χ4v) is 1.54. The van der Waals surface area contributed by atoms with Crippen molar-refractivity contribution in [3.8, 4) is 0 Å². The molecule has 0 aliphatic heterocycles. The Morgan fingerprint density at radius 1 is 1.23 bits per heavy atom. The molecule has 1 aromatic rings. The van der Waals surface area contributed by atoms with Crippen LogP contribution in [0, 0.1) is 0 Å². The molecule has 2 N–H and O–H groups in total. The number of rotatable bonds is 5. The highest BCUT2D eigenvalue weighted by atomic mass is 16.5. The van der Waals surface area contributed by atoms with Crippen molar-refractivity contribution in [2.45, 2.75) is 52.3 Å². The van der Waals surface area contributed by atoms with Crippen molar-refractivity contribution in [2.75, 3.05) is 0 Å². The lowest BCUT2D eigenvalue weighted by Crippen LogP contribution is -2.48. The zero-order valence-corrected chi connectivity index (χ0v) is 13.4. The Morgan fingerprint density at radius 2 is 1.86 bits per heavy atom. The lowest BCUT2D eigenvalue weighted by molar-refractivity contribution is -0.156. The van der Waals surface area contributed by atoms with Crippen molar-refractivity contribution in [2.24, 2.45) is 0 Å². The number of carbonyl (C=O) groups excluding carboxylic acids is 3. The van der Waals surface area contributed by atoms with Gasteiger partial charge in [-0.25, -0.2) is 4.79 Å². The molecule has 7 nitrogen and oxygen atoms in total. The molecule has 1 rings (SSSR count). The van der Waals surface area contributed by atoms with E-state index in [2.05, 4.69) is 10.6 Å². The van der Waals surface area contributed by atoms with E-state index in [1.165, 1.54) is 26.2 Å². The Hall–Kier alpha value is -2.31. The fourth-order valence-electron chi connectivity index (χ4n) is 1.54. The van der Waals surface area contributed by atoms with Crippen molar-refractivity contribution in [1.82, 2.24) is 10.6 Å². The van der Waals surface area contributed by atoms with E-state index in [1.54, 1.807) is 6.07 Å². The van der Waals surface area contributed by atoms with Crippen molar-refractivity contribution in [3.05, 3.63) is 24.2 Å². The third-order valence-corrected chi connectivity index (χ3v) is 2.61. The van der Waals surface area contributed by atoms with Crippen LogP contribution < -0.4 is 10.6 Å². The molecule has 0 aliphatic rings. The summed E-state index contributed by atoms with van der Waals surface area (Å²) in [6, 6.07) is 2.14. The largest absolute Gasteiger partial charge is 0.459 e. The van der Waals surface area contributed by atoms with Gasteiger partial charge < -0.3 is 19.8 Å². The zero-order chi connectivity index (χ0) is 16.9. The van der Waals surface area contributed by atoms with Gasteiger partial charge >= 0.3 is 5.97 Å². The first-order valence-corrected chi connectivity index (χ1v) is 6.97. The van der Waals surface area contributed by atoms with E-state index in [9.17, 15) is 14.4 Å². The minimum absolute atomic E-state index is 0.0955. The van der Waals surface area contributed by atoms with E-state index in [0.29, 0.717) is 0 Å². The standard InChI is InChI=1S/C15H22N2O5/c1-9(16-13(19)11-7-6-8-21-11)14(20)22-10(2)12(18)17-15(3,4)5/h6-10H,1-5H3,(H,16,19)(H,17,18)/t9-,10-/m1/s1. The summed E-state index contributed by atoms with van der Waals surface area (Å²) in [4.78, 5) is 35.5. The minimum Gasteiger partial charge on any atom is -0.459 e. The van der Waals surface area contributed by atoms with Crippen LogP contribution in [0.15, 0.2) is 22.8 Å². The molecule has 1 aromatic heterocycles. The average molecular weight is 310 g/mol. The quantitative estimate of drug-likeness (QED) is 0.798. The van der Waals surface area contributed by atoms with Gasteiger partial charge in [-0.1, -0.05) is 0 Å². The molecule has 0 aliphatic carbocycles. The van der Waals surface area contributed by atoms with Gasteiger partial charge in [-0.3, -0.25) is 9.59 Å². The first-order chi connectivity index (χ1) is 10.1. The molecule has 0 saturated carbocycles. The number of hydrogen-bond donors (Lipinski definition) is 2. The van der Waals surface area contributed by atoms with Crippen LogP contribution in [-0.4, -0.2) is 35.5 Å². The summed E-state index contributed by atoms with van der Waals surface area (Å²) in [5.74, 6) is -1.53. The van der Waals surface area contributed by atoms with E-state index < -0.39 is 35.5 Å². The smallest absolute Gasteiger partial charge is 0.329 e. The van der Waals surface area contributed by atoms with Gasteiger partial charge in [0, 0.05) is 5.54 Å². The van der Waals surface area contributed by atoms with Gasteiger partial charge in [0.15, 0.2) is 11.9 Å². The Labute approximate surface area is 129 Å². The first kappa shape index (κ1) is 17.7. The molecule has 0 spiro atoms. The third-order valence-electron chi connectivity index (χ3n) is 2.61. The fraction of sp³-hybridized carbons (Fsp3) is 0.533. The van der Waals surface area contributed by atoms with Crippen molar-refractivity contribution >= 4 is 17.8 Å². The molecule has 0 bridgehead atoms. The maximum absolute atomic E-state index is 11.9. The molecular weight excluding hydrogens is 288 g/mol. The Kier molecular flexibility index (Phi) is 5.73. The van der Waals surface area contributed by atoms with Crippen LogP contribution in [0.5, 0.6) is 0 Å². The second-order valence-electron chi connectivity index (χ2n) is 5.99. The van der Waals surface area contributed by atoms with Gasteiger partial charge in [0.1, 0.15) is 6.04 Å². The summed E-state index contributed by atoms with van der Waals surface area (Å²) in [7, 11) is 0. The minimum atomic E-state index is -0.949. The van der Waals surface area contributed by atoms with Crippen molar-refractivity contribution in [3.63, 3.8) is 0 Å². The normalized spacial score (nSPS) is 13.9. The number of carbonyl (C=O) groups is 3. The molecule has 122 valence electrons. The predicted octanol–water partition coefficient (Wildman–Crippen LogP) is 1.24. The topological polar surface area (TPSA) is 97.6 Å². The van der Waals surface area contributed by atoms with Gasteiger partial charge in [0.05, 0.1) is 6.26 Å². The van der Waals surface area contributed by atoms with Gasteiger partial charge in [-0.15, -0.1) is 0 Å². The summed E-state index contributed by atoms with van der Waals surface area (Å²) in [6.45, 7) is 8.42.